The van der Waals surface area contributed by atoms with E-state index in [0.29, 0.717) is 17.4 Å². The molecular weight excluding hydrogens is 260 g/mol. The molecule has 0 spiro atoms. The molecule has 2 unspecified atom stereocenters. The third-order valence-corrected chi connectivity index (χ3v) is 5.79. The number of rotatable bonds is 4. The lowest BCUT2D eigenvalue weighted by Gasteiger charge is -2.15. The minimum absolute atomic E-state index is 0.0706. The topological polar surface area (TPSA) is 81.4 Å². The van der Waals surface area contributed by atoms with Gasteiger partial charge in [-0.2, -0.15) is 0 Å². The molecular formula is C10H16N2O3S2. The van der Waals surface area contributed by atoms with E-state index in [4.69, 9.17) is 10.5 Å². The van der Waals surface area contributed by atoms with Crippen LogP contribution in [0.3, 0.4) is 0 Å². The normalized spacial score (nSPS) is 25.3. The zero-order valence-electron chi connectivity index (χ0n) is 9.55. The highest BCUT2D eigenvalue weighted by Gasteiger charge is 2.29. The Morgan fingerprint density at radius 2 is 2.41 bits per heavy atom. The molecule has 1 aliphatic heterocycles. The molecule has 0 saturated carbocycles. The van der Waals surface area contributed by atoms with Gasteiger partial charge in [-0.3, -0.25) is 0 Å². The molecule has 0 radical (unpaired) electrons. The largest absolute Gasteiger partial charge is 0.377 e. The number of ether oxygens (including phenoxy) is 1. The predicted molar refractivity (Wildman–Crippen MR) is 66.4 cm³/mol. The first kappa shape index (κ1) is 13.0. The number of sulfonamides is 1. The predicted octanol–water partition coefficient (Wildman–Crippen LogP) is 0.663. The van der Waals surface area contributed by atoms with Crippen molar-refractivity contribution in [1.29, 1.82) is 0 Å². The highest BCUT2D eigenvalue weighted by Crippen LogP contribution is 2.22. The van der Waals surface area contributed by atoms with E-state index in [9.17, 15) is 8.42 Å². The van der Waals surface area contributed by atoms with E-state index in [2.05, 4.69) is 4.72 Å². The van der Waals surface area contributed by atoms with E-state index in [1.807, 2.05) is 6.92 Å². The van der Waals surface area contributed by atoms with Crippen molar-refractivity contribution in [1.82, 2.24) is 4.72 Å². The molecule has 0 aromatic carbocycles. The van der Waals surface area contributed by atoms with Crippen molar-refractivity contribution in [3.05, 3.63) is 17.0 Å². The summed E-state index contributed by atoms with van der Waals surface area (Å²) in [7, 11) is -3.43. The van der Waals surface area contributed by atoms with Crippen LogP contribution >= 0.6 is 11.3 Å². The molecule has 7 heteroatoms. The summed E-state index contributed by atoms with van der Waals surface area (Å²) in [6, 6.07) is 1.48. The van der Waals surface area contributed by atoms with Crippen LogP contribution in [0.5, 0.6) is 0 Å². The van der Waals surface area contributed by atoms with E-state index >= 15 is 0 Å². The van der Waals surface area contributed by atoms with Crippen LogP contribution in [0.4, 0.5) is 0 Å². The first-order chi connectivity index (χ1) is 8.03. The molecule has 0 amide bonds. The van der Waals surface area contributed by atoms with Gasteiger partial charge in [0.15, 0.2) is 0 Å². The SMILES string of the molecule is CC1OCCC1NS(=O)(=O)c1cc(CN)cs1. The highest BCUT2D eigenvalue weighted by atomic mass is 32.2. The molecule has 1 aromatic rings. The Morgan fingerprint density at radius 3 is 2.94 bits per heavy atom. The molecule has 2 heterocycles. The van der Waals surface area contributed by atoms with Crippen molar-refractivity contribution in [3.8, 4) is 0 Å². The molecule has 96 valence electrons. The van der Waals surface area contributed by atoms with Crippen molar-refractivity contribution in [2.45, 2.75) is 36.2 Å². The van der Waals surface area contributed by atoms with Gasteiger partial charge < -0.3 is 10.5 Å². The van der Waals surface area contributed by atoms with Crippen LogP contribution in [0.2, 0.25) is 0 Å². The third kappa shape index (κ3) is 2.86. The van der Waals surface area contributed by atoms with E-state index in [-0.39, 0.29) is 12.1 Å². The smallest absolute Gasteiger partial charge is 0.250 e. The molecule has 0 bridgehead atoms. The molecule has 5 nitrogen and oxygen atoms in total. The molecule has 1 saturated heterocycles. The monoisotopic (exact) mass is 276 g/mol. The Bertz CT molecular complexity index is 483. The Labute approximate surface area is 105 Å². The summed E-state index contributed by atoms with van der Waals surface area (Å²) >= 11 is 1.19. The Kier molecular flexibility index (Phi) is 3.84. The van der Waals surface area contributed by atoms with Gasteiger partial charge in [-0.25, -0.2) is 13.1 Å². The average molecular weight is 276 g/mol. The maximum absolute atomic E-state index is 12.1. The van der Waals surface area contributed by atoms with Crippen LogP contribution < -0.4 is 10.5 Å². The summed E-state index contributed by atoms with van der Waals surface area (Å²) in [5, 5.41) is 1.77. The Morgan fingerprint density at radius 1 is 1.65 bits per heavy atom. The Balaban J connectivity index is 2.13. The van der Waals surface area contributed by atoms with Gasteiger partial charge in [0.2, 0.25) is 10.0 Å². The third-order valence-electron chi connectivity index (χ3n) is 2.81. The lowest BCUT2D eigenvalue weighted by Crippen LogP contribution is -2.38. The Hall–Kier alpha value is -0.470. The summed E-state index contributed by atoms with van der Waals surface area (Å²) in [6.45, 7) is 2.84. The fourth-order valence-electron chi connectivity index (χ4n) is 1.75. The highest BCUT2D eigenvalue weighted by molar-refractivity contribution is 7.91. The second kappa shape index (κ2) is 5.03. The molecule has 17 heavy (non-hydrogen) atoms. The second-order valence-corrected chi connectivity index (χ2v) is 6.92. The minimum atomic E-state index is -3.43. The van der Waals surface area contributed by atoms with Gasteiger partial charge in [-0.15, -0.1) is 11.3 Å². The van der Waals surface area contributed by atoms with E-state index in [1.54, 1.807) is 11.4 Å². The molecule has 1 fully saturated rings. The summed E-state index contributed by atoms with van der Waals surface area (Å²) in [6.07, 6.45) is 0.647. The summed E-state index contributed by atoms with van der Waals surface area (Å²) < 4.78 is 32.5. The number of nitrogens with two attached hydrogens (primary N) is 1. The average Bonchev–Trinajstić information content (AvgIpc) is 2.88. The van der Waals surface area contributed by atoms with E-state index in [0.717, 1.165) is 12.0 Å². The van der Waals surface area contributed by atoms with Gasteiger partial charge in [0, 0.05) is 13.2 Å². The lowest BCUT2D eigenvalue weighted by molar-refractivity contribution is 0.117. The number of thiophene rings is 1. The maximum atomic E-state index is 12.1. The molecule has 2 rings (SSSR count). The van der Waals surface area contributed by atoms with Crippen LogP contribution in [0, 0.1) is 0 Å². The van der Waals surface area contributed by atoms with Crippen molar-refractivity contribution in [2.24, 2.45) is 5.73 Å². The van der Waals surface area contributed by atoms with Gasteiger partial charge in [-0.05, 0) is 30.4 Å². The molecule has 1 aromatic heterocycles. The maximum Gasteiger partial charge on any atom is 0.250 e. The van der Waals surface area contributed by atoms with Crippen LogP contribution in [0.25, 0.3) is 0 Å². The summed E-state index contributed by atoms with van der Waals surface area (Å²) in [5.41, 5.74) is 6.30. The first-order valence-electron chi connectivity index (χ1n) is 5.44. The number of nitrogens with one attached hydrogen (secondary N) is 1. The molecule has 1 aliphatic rings. The molecule has 0 aliphatic carbocycles. The van der Waals surface area contributed by atoms with Gasteiger partial charge >= 0.3 is 0 Å². The van der Waals surface area contributed by atoms with Crippen LogP contribution in [0.1, 0.15) is 18.9 Å². The van der Waals surface area contributed by atoms with Crippen LogP contribution in [0.15, 0.2) is 15.7 Å². The van der Waals surface area contributed by atoms with Crippen molar-refractivity contribution in [3.63, 3.8) is 0 Å². The second-order valence-electron chi connectivity index (χ2n) is 4.07. The lowest BCUT2D eigenvalue weighted by atomic mass is 10.2. The quantitative estimate of drug-likeness (QED) is 0.846. The molecule has 2 atom stereocenters. The van der Waals surface area contributed by atoms with Crippen molar-refractivity contribution < 1.29 is 13.2 Å². The van der Waals surface area contributed by atoms with Crippen molar-refractivity contribution in [2.75, 3.05) is 6.61 Å². The first-order valence-corrected chi connectivity index (χ1v) is 7.80. The fourth-order valence-corrected chi connectivity index (χ4v) is 4.32. The fraction of sp³-hybridized carbons (Fsp3) is 0.600. The summed E-state index contributed by atoms with van der Waals surface area (Å²) in [4.78, 5) is 0. The van der Waals surface area contributed by atoms with Crippen molar-refractivity contribution >= 4 is 21.4 Å². The zero-order chi connectivity index (χ0) is 12.5. The number of hydrogen-bond acceptors (Lipinski definition) is 5. The van der Waals surface area contributed by atoms with Gasteiger partial charge in [0.25, 0.3) is 0 Å². The number of hydrogen-bond donors (Lipinski definition) is 2. The zero-order valence-corrected chi connectivity index (χ0v) is 11.2. The van der Waals surface area contributed by atoms with Gasteiger partial charge in [0.1, 0.15) is 4.21 Å². The minimum Gasteiger partial charge on any atom is -0.377 e. The summed E-state index contributed by atoms with van der Waals surface area (Å²) in [5.74, 6) is 0. The van der Waals surface area contributed by atoms with Gasteiger partial charge in [-0.1, -0.05) is 0 Å². The van der Waals surface area contributed by atoms with E-state index < -0.39 is 10.0 Å². The molecule has 3 N–H and O–H groups in total. The standard InChI is InChI=1S/C10H16N2O3S2/c1-7-9(2-3-15-7)12-17(13,14)10-4-8(5-11)6-16-10/h4,6-7,9,12H,2-3,5,11H2,1H3. The van der Waals surface area contributed by atoms with Crippen LogP contribution in [-0.4, -0.2) is 27.2 Å². The van der Waals surface area contributed by atoms with Gasteiger partial charge in [0.05, 0.1) is 12.1 Å². The van der Waals surface area contributed by atoms with E-state index in [1.165, 1.54) is 11.3 Å². The van der Waals surface area contributed by atoms with Crippen LogP contribution in [-0.2, 0) is 21.3 Å².